The topological polar surface area (TPSA) is 161 Å². The lowest BCUT2D eigenvalue weighted by atomic mass is 9.66. The summed E-state index contributed by atoms with van der Waals surface area (Å²) in [5.41, 5.74) is 3.56. The lowest BCUT2D eigenvalue weighted by molar-refractivity contribution is 0.0512. The predicted octanol–water partition coefficient (Wildman–Crippen LogP) is 6.24. The van der Waals surface area contributed by atoms with Crippen LogP contribution in [0.1, 0.15) is 65.2 Å². The van der Waals surface area contributed by atoms with Gasteiger partial charge in [0, 0.05) is 23.0 Å². The van der Waals surface area contributed by atoms with Crippen LogP contribution >= 0.6 is 0 Å². The van der Waals surface area contributed by atoms with E-state index in [2.05, 4.69) is 0 Å². The Kier molecular flexibility index (Phi) is 6.22. The highest BCUT2D eigenvalue weighted by Gasteiger charge is 2.60. The Hall–Kier alpha value is -5.22. The van der Waals surface area contributed by atoms with Crippen molar-refractivity contribution in [2.75, 3.05) is 0 Å². The number of rotatable bonds is 6. The lowest BCUT2D eigenvalue weighted by Crippen LogP contribution is -2.26. The molecule has 226 valence electrons. The van der Waals surface area contributed by atoms with E-state index >= 15 is 0 Å². The zero-order valence-corrected chi connectivity index (χ0v) is 24.0. The monoisotopic (exact) mass is 596 g/mol. The molecule has 5 aromatic rings. The largest absolute Gasteiger partial charge is 0.508 e. The van der Waals surface area contributed by atoms with Crippen LogP contribution in [0.2, 0.25) is 0 Å². The second-order valence-corrected chi connectivity index (χ2v) is 11.6. The summed E-state index contributed by atoms with van der Waals surface area (Å²) in [4.78, 5) is 0. The molecule has 2 aromatic heterocycles. The highest BCUT2D eigenvalue weighted by molar-refractivity contribution is 5.62. The molecule has 5 atom stereocenters. The molecule has 0 spiro atoms. The van der Waals surface area contributed by atoms with Crippen molar-refractivity contribution in [1.82, 2.24) is 9.13 Å². The Labute approximate surface area is 252 Å². The van der Waals surface area contributed by atoms with Crippen LogP contribution in [-0.2, 0) is 4.74 Å². The summed E-state index contributed by atoms with van der Waals surface area (Å²) in [6.45, 7) is 3.75. The number of nitrogens with zero attached hydrogens (tertiary/aromatic N) is 2. The van der Waals surface area contributed by atoms with E-state index in [1.54, 1.807) is 43.3 Å². The summed E-state index contributed by atoms with van der Waals surface area (Å²) in [7, 11) is 0. The van der Waals surface area contributed by atoms with Gasteiger partial charge in [-0.2, -0.15) is 0 Å². The highest BCUT2D eigenvalue weighted by atomic mass is 16.5. The zero-order valence-electron chi connectivity index (χ0n) is 24.0. The minimum atomic E-state index is -0.782. The average Bonchev–Trinajstić information content (AvgIpc) is 3.70. The summed E-state index contributed by atoms with van der Waals surface area (Å²) < 4.78 is 9.22. The number of hydrogen-bond acceptors (Lipinski definition) is 8. The molecule has 1 fully saturated rings. The van der Waals surface area contributed by atoms with Crippen molar-refractivity contribution in [2.24, 2.45) is 5.92 Å². The van der Waals surface area contributed by atoms with Crippen LogP contribution in [0.25, 0.3) is 11.4 Å². The second-order valence-electron chi connectivity index (χ2n) is 11.6. The van der Waals surface area contributed by atoms with Gasteiger partial charge in [-0.15, -0.1) is 0 Å². The van der Waals surface area contributed by atoms with Gasteiger partial charge in [-0.05, 0) is 85.5 Å². The second kappa shape index (κ2) is 9.92. The summed E-state index contributed by atoms with van der Waals surface area (Å²) in [5, 5.41) is 75.8. The molecule has 3 aromatic carbocycles. The summed E-state index contributed by atoms with van der Waals surface area (Å²) >= 11 is 0. The molecule has 5 unspecified atom stereocenters. The molecule has 7 rings (SSSR count). The zero-order chi connectivity index (χ0) is 31.0. The fourth-order valence-corrected chi connectivity index (χ4v) is 7.40. The number of phenols is 3. The Morgan fingerprint density at radius 2 is 1.02 bits per heavy atom. The van der Waals surface area contributed by atoms with E-state index in [0.717, 1.165) is 5.56 Å². The smallest absolute Gasteiger partial charge is 0.205 e. The maximum Gasteiger partial charge on any atom is 0.205 e. The van der Waals surface area contributed by atoms with E-state index in [0.29, 0.717) is 40.0 Å². The van der Waals surface area contributed by atoms with Gasteiger partial charge in [0.15, 0.2) is 0 Å². The number of ether oxygens (including phenoxy) is 1. The molecule has 0 radical (unpaired) electrons. The van der Waals surface area contributed by atoms with Crippen LogP contribution in [0, 0.1) is 12.8 Å². The van der Waals surface area contributed by atoms with Gasteiger partial charge in [0.05, 0.1) is 34.7 Å². The first-order valence-electron chi connectivity index (χ1n) is 14.4. The molecule has 1 saturated heterocycles. The minimum absolute atomic E-state index is 0.0408. The Morgan fingerprint density at radius 1 is 0.591 bits per heavy atom. The minimum Gasteiger partial charge on any atom is -0.508 e. The first-order valence-corrected chi connectivity index (χ1v) is 14.4. The fraction of sp³-hybridized carbons (Fsp3) is 0.235. The lowest BCUT2D eigenvalue weighted by Gasteiger charge is -2.34. The van der Waals surface area contributed by atoms with Gasteiger partial charge in [0.1, 0.15) is 17.2 Å². The molecular weight excluding hydrogens is 564 g/mol. The third-order valence-corrected chi connectivity index (χ3v) is 9.33. The Bertz CT molecular complexity index is 1870. The molecule has 2 bridgehead atoms. The predicted molar refractivity (Wildman–Crippen MR) is 160 cm³/mol. The number of fused-ring (bicyclic) bond motifs is 5. The van der Waals surface area contributed by atoms with Crippen molar-refractivity contribution < 1.29 is 40.5 Å². The Morgan fingerprint density at radius 3 is 1.52 bits per heavy atom. The molecule has 10 nitrogen and oxygen atoms in total. The molecule has 7 N–H and O–H groups in total. The van der Waals surface area contributed by atoms with Gasteiger partial charge in [0.25, 0.3) is 0 Å². The molecule has 0 saturated carbocycles. The number of benzene rings is 3. The van der Waals surface area contributed by atoms with E-state index in [-0.39, 0.29) is 52.6 Å². The van der Waals surface area contributed by atoms with Gasteiger partial charge in [0.2, 0.25) is 23.5 Å². The first kappa shape index (κ1) is 27.6. The van der Waals surface area contributed by atoms with Crippen LogP contribution in [0.4, 0.5) is 0 Å². The maximum atomic E-state index is 11.8. The van der Waals surface area contributed by atoms with Crippen molar-refractivity contribution in [3.8, 4) is 52.1 Å². The van der Waals surface area contributed by atoms with Crippen molar-refractivity contribution in [3.63, 3.8) is 0 Å². The summed E-state index contributed by atoms with van der Waals surface area (Å²) in [6, 6.07) is 19.1. The first-order chi connectivity index (χ1) is 21.1. The van der Waals surface area contributed by atoms with E-state index in [1.807, 2.05) is 19.1 Å². The number of hydrogen-bond donors (Lipinski definition) is 7. The SMILES string of the molecule is CCC(c1ccc(O)cc1)C1C2OC(c3c2c(O)n(-c2ccc(O)cc2)c3O)C1c1c(C)c(O)n(-c2ccc(O)cc2)c1O. The van der Waals surface area contributed by atoms with Crippen molar-refractivity contribution in [3.05, 3.63) is 101 Å². The molecule has 2 aliphatic rings. The molecule has 0 amide bonds. The van der Waals surface area contributed by atoms with Gasteiger partial charge >= 0.3 is 0 Å². The van der Waals surface area contributed by atoms with Crippen LogP contribution in [0.15, 0.2) is 72.8 Å². The van der Waals surface area contributed by atoms with Crippen LogP contribution in [0.3, 0.4) is 0 Å². The molecule has 0 aliphatic carbocycles. The summed E-state index contributed by atoms with van der Waals surface area (Å²) in [6.07, 6.45) is -0.805. The van der Waals surface area contributed by atoms with Crippen LogP contribution < -0.4 is 0 Å². The van der Waals surface area contributed by atoms with E-state index in [4.69, 9.17) is 4.74 Å². The molecular formula is C34H32N2O8. The average molecular weight is 597 g/mol. The molecule has 4 heterocycles. The fourth-order valence-electron chi connectivity index (χ4n) is 7.40. The van der Waals surface area contributed by atoms with E-state index in [9.17, 15) is 35.7 Å². The van der Waals surface area contributed by atoms with Gasteiger partial charge in [-0.1, -0.05) is 19.1 Å². The van der Waals surface area contributed by atoms with Crippen LogP contribution in [0.5, 0.6) is 40.8 Å². The van der Waals surface area contributed by atoms with E-state index < -0.39 is 18.1 Å². The molecule has 10 heteroatoms. The molecule has 44 heavy (non-hydrogen) atoms. The number of aromatic hydroxyl groups is 7. The van der Waals surface area contributed by atoms with Crippen molar-refractivity contribution in [2.45, 2.75) is 44.3 Å². The third kappa shape index (κ3) is 3.84. The van der Waals surface area contributed by atoms with Crippen molar-refractivity contribution >= 4 is 0 Å². The number of aromatic nitrogens is 2. The Balaban J connectivity index is 1.45. The van der Waals surface area contributed by atoms with Gasteiger partial charge in [-0.25, -0.2) is 0 Å². The standard InChI is InChI=1S/C34H32N2O8/c1-3-23(17-4-10-20(37)11-5-17)25-26(24-16(2)31(40)35(32(24)41)18-6-12-21(38)13-7-18)30-28-27(29(25)44-30)33(42)36(34(28)43)19-8-14-22(39)15-9-19/h4-15,23,25-26,29-30,37-43H,3H2,1-2H3. The van der Waals surface area contributed by atoms with Crippen LogP contribution in [-0.4, -0.2) is 44.9 Å². The van der Waals surface area contributed by atoms with Gasteiger partial charge in [-0.3, -0.25) is 9.13 Å². The van der Waals surface area contributed by atoms with Gasteiger partial charge < -0.3 is 40.5 Å². The normalized spacial score (nSPS) is 21.0. The van der Waals surface area contributed by atoms with E-state index in [1.165, 1.54) is 33.4 Å². The highest BCUT2D eigenvalue weighted by Crippen LogP contribution is 2.70. The summed E-state index contributed by atoms with van der Waals surface area (Å²) in [5.74, 6) is -1.62. The third-order valence-electron chi connectivity index (χ3n) is 9.33. The van der Waals surface area contributed by atoms with Crippen molar-refractivity contribution in [1.29, 1.82) is 0 Å². The molecule has 2 aliphatic heterocycles. The quantitative estimate of drug-likeness (QED) is 0.121. The number of phenolic OH excluding ortho intramolecular Hbond substituents is 3. The maximum absolute atomic E-state index is 11.8.